The monoisotopic (exact) mass is 349 g/mol. The molecule has 4 rings (SSSR count). The third kappa shape index (κ3) is 2.37. The summed E-state index contributed by atoms with van der Waals surface area (Å²) in [5, 5.41) is 3.32. The maximum Gasteiger partial charge on any atom is 0.243 e. The van der Waals surface area contributed by atoms with Gasteiger partial charge in [-0.05, 0) is 49.1 Å². The average molecular weight is 349 g/mol. The Morgan fingerprint density at radius 1 is 1.21 bits per heavy atom. The lowest BCUT2D eigenvalue weighted by Crippen LogP contribution is -2.48. The Bertz CT molecular complexity index is 779. The van der Waals surface area contributed by atoms with Gasteiger partial charge >= 0.3 is 0 Å². The zero-order chi connectivity index (χ0) is 16.9. The summed E-state index contributed by atoms with van der Waals surface area (Å²) >= 11 is 0. The molecular weight excluding hydrogens is 326 g/mol. The van der Waals surface area contributed by atoms with Crippen molar-refractivity contribution in [3.05, 3.63) is 29.3 Å². The first-order chi connectivity index (χ1) is 11.4. The molecule has 24 heavy (non-hydrogen) atoms. The van der Waals surface area contributed by atoms with E-state index in [1.807, 2.05) is 6.07 Å². The quantitative estimate of drug-likeness (QED) is 0.867. The van der Waals surface area contributed by atoms with Gasteiger partial charge in [-0.2, -0.15) is 4.31 Å². The number of hydrogen-bond acceptors (Lipinski definition) is 4. The summed E-state index contributed by atoms with van der Waals surface area (Å²) in [5.74, 6) is 0.0196. The third-order valence-corrected chi connectivity index (χ3v) is 7.69. The molecule has 1 N–H and O–H groups in total. The molecule has 2 fully saturated rings. The summed E-state index contributed by atoms with van der Waals surface area (Å²) in [5.41, 5.74) is 1.75. The van der Waals surface area contributed by atoms with E-state index in [9.17, 15) is 13.2 Å². The molecule has 0 saturated carbocycles. The van der Waals surface area contributed by atoms with E-state index in [0.717, 1.165) is 43.5 Å². The zero-order valence-corrected chi connectivity index (χ0v) is 14.7. The fourth-order valence-electron chi connectivity index (χ4n) is 4.33. The third-order valence-electron chi connectivity index (χ3n) is 5.69. The number of carbonyl (C=O) groups is 1. The second-order valence-electron chi connectivity index (χ2n) is 7.14. The van der Waals surface area contributed by atoms with Crippen LogP contribution in [0.15, 0.2) is 23.1 Å². The summed E-state index contributed by atoms with van der Waals surface area (Å²) < 4.78 is 28.2. The molecule has 7 heteroatoms. The Kier molecular flexibility index (Phi) is 3.71. The Balaban J connectivity index is 1.67. The summed E-state index contributed by atoms with van der Waals surface area (Å²) in [4.78, 5) is 13.7. The average Bonchev–Trinajstić information content (AvgIpc) is 3.27. The Morgan fingerprint density at radius 3 is 2.71 bits per heavy atom. The molecule has 0 aliphatic carbocycles. The lowest BCUT2D eigenvalue weighted by Gasteiger charge is -2.33. The van der Waals surface area contributed by atoms with Gasteiger partial charge in [0.05, 0.1) is 4.90 Å². The molecule has 1 atom stereocenters. The number of benzene rings is 1. The van der Waals surface area contributed by atoms with Crippen molar-refractivity contribution in [1.29, 1.82) is 0 Å². The molecule has 3 aliphatic rings. The van der Waals surface area contributed by atoms with Crippen molar-refractivity contribution in [2.24, 2.45) is 0 Å². The SMILES string of the molecule is CC(=O)N1Cc2ccc(S(=O)(=O)N3CCCC34CCNC4)cc2C1. The maximum atomic E-state index is 13.2. The Morgan fingerprint density at radius 2 is 2.00 bits per heavy atom. The summed E-state index contributed by atoms with van der Waals surface area (Å²) in [6, 6.07) is 5.33. The van der Waals surface area contributed by atoms with Gasteiger partial charge in [0, 0.05) is 38.6 Å². The minimum Gasteiger partial charge on any atom is -0.334 e. The van der Waals surface area contributed by atoms with Crippen LogP contribution in [0.4, 0.5) is 0 Å². The second-order valence-corrected chi connectivity index (χ2v) is 9.00. The lowest BCUT2D eigenvalue weighted by atomic mass is 9.97. The number of amides is 1. The van der Waals surface area contributed by atoms with Crippen LogP contribution in [-0.4, -0.2) is 48.7 Å². The van der Waals surface area contributed by atoms with E-state index in [1.165, 1.54) is 0 Å². The highest BCUT2D eigenvalue weighted by atomic mass is 32.2. The standard InChI is InChI=1S/C17H23N3O3S/c1-13(21)19-10-14-3-4-16(9-15(14)11-19)24(22,23)20-8-2-5-17(20)6-7-18-12-17/h3-4,9,18H,2,5-8,10-12H2,1H3. The van der Waals surface area contributed by atoms with E-state index in [4.69, 9.17) is 0 Å². The van der Waals surface area contributed by atoms with Gasteiger partial charge in [0.1, 0.15) is 0 Å². The lowest BCUT2D eigenvalue weighted by molar-refractivity contribution is -0.129. The topological polar surface area (TPSA) is 69.7 Å². The van der Waals surface area contributed by atoms with Gasteiger partial charge in [-0.15, -0.1) is 0 Å². The van der Waals surface area contributed by atoms with Crippen molar-refractivity contribution in [3.8, 4) is 0 Å². The van der Waals surface area contributed by atoms with E-state index in [1.54, 1.807) is 28.3 Å². The number of carbonyl (C=O) groups excluding carboxylic acids is 1. The molecule has 1 unspecified atom stereocenters. The highest BCUT2D eigenvalue weighted by molar-refractivity contribution is 7.89. The van der Waals surface area contributed by atoms with Gasteiger partial charge in [0.2, 0.25) is 15.9 Å². The summed E-state index contributed by atoms with van der Waals surface area (Å²) in [6.07, 6.45) is 2.74. The first-order valence-electron chi connectivity index (χ1n) is 8.53. The minimum absolute atomic E-state index is 0.0196. The fraction of sp³-hybridized carbons (Fsp3) is 0.588. The van der Waals surface area contributed by atoms with Gasteiger partial charge in [-0.1, -0.05) is 6.07 Å². The number of sulfonamides is 1. The number of nitrogens with one attached hydrogen (secondary N) is 1. The molecular formula is C17H23N3O3S. The largest absolute Gasteiger partial charge is 0.334 e. The molecule has 1 amide bonds. The van der Waals surface area contributed by atoms with Crippen LogP contribution >= 0.6 is 0 Å². The van der Waals surface area contributed by atoms with Crippen LogP contribution in [0.5, 0.6) is 0 Å². The van der Waals surface area contributed by atoms with Crippen LogP contribution in [0.25, 0.3) is 0 Å². The van der Waals surface area contributed by atoms with Crippen molar-refractivity contribution in [2.75, 3.05) is 19.6 Å². The van der Waals surface area contributed by atoms with Crippen LogP contribution in [0.3, 0.4) is 0 Å². The molecule has 1 aromatic rings. The van der Waals surface area contributed by atoms with E-state index >= 15 is 0 Å². The van der Waals surface area contributed by atoms with Gasteiger partial charge in [-0.25, -0.2) is 8.42 Å². The molecule has 130 valence electrons. The minimum atomic E-state index is -3.50. The van der Waals surface area contributed by atoms with E-state index in [-0.39, 0.29) is 11.4 Å². The van der Waals surface area contributed by atoms with Gasteiger partial charge in [0.25, 0.3) is 0 Å². The predicted molar refractivity (Wildman–Crippen MR) is 89.7 cm³/mol. The maximum absolute atomic E-state index is 13.2. The molecule has 1 aromatic carbocycles. The van der Waals surface area contributed by atoms with Crippen LogP contribution in [0.1, 0.15) is 37.3 Å². The summed E-state index contributed by atoms with van der Waals surface area (Å²) in [6.45, 7) is 4.84. The van der Waals surface area contributed by atoms with Crippen LogP contribution in [-0.2, 0) is 27.9 Å². The first-order valence-corrected chi connectivity index (χ1v) is 9.97. The van der Waals surface area contributed by atoms with Crippen LogP contribution < -0.4 is 5.32 Å². The zero-order valence-electron chi connectivity index (χ0n) is 13.9. The van der Waals surface area contributed by atoms with Gasteiger partial charge < -0.3 is 10.2 Å². The van der Waals surface area contributed by atoms with Crippen LogP contribution in [0.2, 0.25) is 0 Å². The molecule has 0 radical (unpaired) electrons. The van der Waals surface area contributed by atoms with E-state index in [0.29, 0.717) is 24.5 Å². The predicted octanol–water partition coefficient (Wildman–Crippen LogP) is 1.07. The number of nitrogens with zero attached hydrogens (tertiary/aromatic N) is 2. The molecule has 1 spiro atoms. The highest BCUT2D eigenvalue weighted by Gasteiger charge is 2.49. The summed E-state index contributed by atoms with van der Waals surface area (Å²) in [7, 11) is -3.50. The highest BCUT2D eigenvalue weighted by Crippen LogP contribution is 2.39. The molecule has 2 saturated heterocycles. The van der Waals surface area contributed by atoms with Crippen molar-refractivity contribution >= 4 is 15.9 Å². The van der Waals surface area contributed by atoms with E-state index < -0.39 is 10.0 Å². The van der Waals surface area contributed by atoms with Crippen LogP contribution in [0, 0.1) is 0 Å². The van der Waals surface area contributed by atoms with Gasteiger partial charge in [0.15, 0.2) is 0 Å². The number of rotatable bonds is 2. The number of fused-ring (bicyclic) bond motifs is 1. The fourth-order valence-corrected chi connectivity index (χ4v) is 6.24. The van der Waals surface area contributed by atoms with Gasteiger partial charge in [-0.3, -0.25) is 4.79 Å². The molecule has 0 bridgehead atoms. The Hall–Kier alpha value is -1.44. The molecule has 3 heterocycles. The first kappa shape index (κ1) is 16.1. The Labute approximate surface area is 142 Å². The molecule has 3 aliphatic heterocycles. The second kappa shape index (κ2) is 5.54. The van der Waals surface area contributed by atoms with Crippen molar-refractivity contribution in [3.63, 3.8) is 0 Å². The van der Waals surface area contributed by atoms with Crippen molar-refractivity contribution < 1.29 is 13.2 Å². The van der Waals surface area contributed by atoms with Crippen molar-refractivity contribution in [1.82, 2.24) is 14.5 Å². The van der Waals surface area contributed by atoms with Crippen molar-refractivity contribution in [2.45, 2.75) is 49.7 Å². The smallest absolute Gasteiger partial charge is 0.243 e. The normalized spacial score (nSPS) is 27.1. The molecule has 0 aromatic heterocycles. The molecule has 6 nitrogen and oxygen atoms in total. The number of hydrogen-bond donors (Lipinski definition) is 1. The van der Waals surface area contributed by atoms with E-state index in [2.05, 4.69) is 5.32 Å².